The SMILES string of the molecule is CSCC(O)CN(c1ccc(NC2=CCCC=C2)cc1)C(C)C. The molecule has 0 aromatic heterocycles. The molecule has 1 aromatic carbocycles. The van der Waals surface area contributed by atoms with Crippen LogP contribution in [0.1, 0.15) is 26.7 Å². The number of rotatable bonds is 8. The molecule has 1 aromatic rings. The Morgan fingerprint density at radius 2 is 1.96 bits per heavy atom. The van der Waals surface area contributed by atoms with Crippen LogP contribution in [-0.4, -0.2) is 35.8 Å². The maximum Gasteiger partial charge on any atom is 0.0805 e. The summed E-state index contributed by atoms with van der Waals surface area (Å²) in [5, 5.41) is 13.6. The number of hydrogen-bond donors (Lipinski definition) is 2. The van der Waals surface area contributed by atoms with Crippen molar-refractivity contribution in [3.05, 3.63) is 48.2 Å². The van der Waals surface area contributed by atoms with Crippen LogP contribution in [-0.2, 0) is 0 Å². The van der Waals surface area contributed by atoms with Gasteiger partial charge in [-0.05, 0) is 63.3 Å². The predicted molar refractivity (Wildman–Crippen MR) is 103 cm³/mol. The van der Waals surface area contributed by atoms with Gasteiger partial charge < -0.3 is 15.3 Å². The van der Waals surface area contributed by atoms with E-state index in [-0.39, 0.29) is 6.10 Å². The van der Waals surface area contributed by atoms with Crippen LogP contribution in [0.3, 0.4) is 0 Å². The van der Waals surface area contributed by atoms with E-state index in [9.17, 15) is 5.11 Å². The normalized spacial score (nSPS) is 15.4. The summed E-state index contributed by atoms with van der Waals surface area (Å²) >= 11 is 1.68. The molecule has 23 heavy (non-hydrogen) atoms. The summed E-state index contributed by atoms with van der Waals surface area (Å²) in [5.41, 5.74) is 3.42. The number of aliphatic hydroxyl groups is 1. The van der Waals surface area contributed by atoms with Crippen molar-refractivity contribution in [3.8, 4) is 0 Å². The molecule has 0 saturated carbocycles. The third-order valence-electron chi connectivity index (χ3n) is 3.87. The van der Waals surface area contributed by atoms with Gasteiger partial charge in [0.1, 0.15) is 0 Å². The van der Waals surface area contributed by atoms with E-state index in [2.05, 4.69) is 66.6 Å². The Morgan fingerprint density at radius 3 is 2.52 bits per heavy atom. The van der Waals surface area contributed by atoms with Gasteiger partial charge in [0, 0.05) is 35.4 Å². The fourth-order valence-electron chi connectivity index (χ4n) is 2.70. The number of anilines is 2. The average Bonchev–Trinajstić information content (AvgIpc) is 2.54. The first-order valence-corrected chi connectivity index (χ1v) is 9.67. The molecular weight excluding hydrogens is 304 g/mol. The lowest BCUT2D eigenvalue weighted by atomic mass is 10.1. The monoisotopic (exact) mass is 332 g/mol. The average molecular weight is 333 g/mol. The van der Waals surface area contributed by atoms with Crippen LogP contribution < -0.4 is 10.2 Å². The van der Waals surface area contributed by atoms with Crippen LogP contribution in [0.2, 0.25) is 0 Å². The molecule has 0 heterocycles. The van der Waals surface area contributed by atoms with Gasteiger partial charge in [-0.3, -0.25) is 0 Å². The lowest BCUT2D eigenvalue weighted by Crippen LogP contribution is -2.38. The Labute approximate surface area is 144 Å². The molecule has 1 aliphatic rings. The zero-order valence-electron chi connectivity index (χ0n) is 14.3. The highest BCUT2D eigenvalue weighted by Gasteiger charge is 2.15. The molecule has 126 valence electrons. The highest BCUT2D eigenvalue weighted by Crippen LogP contribution is 2.22. The molecule has 0 bridgehead atoms. The number of benzene rings is 1. The molecule has 2 N–H and O–H groups in total. The quantitative estimate of drug-likeness (QED) is 0.745. The molecule has 0 saturated heterocycles. The van der Waals surface area contributed by atoms with E-state index in [0.717, 1.165) is 30.0 Å². The summed E-state index contributed by atoms with van der Waals surface area (Å²) < 4.78 is 0. The van der Waals surface area contributed by atoms with Gasteiger partial charge in [0.05, 0.1) is 6.10 Å². The van der Waals surface area contributed by atoms with Gasteiger partial charge in [-0.2, -0.15) is 11.8 Å². The zero-order valence-corrected chi connectivity index (χ0v) is 15.1. The minimum atomic E-state index is -0.303. The van der Waals surface area contributed by atoms with E-state index in [4.69, 9.17) is 0 Å². The van der Waals surface area contributed by atoms with Crippen LogP contribution in [0.15, 0.2) is 48.2 Å². The number of hydrogen-bond acceptors (Lipinski definition) is 4. The van der Waals surface area contributed by atoms with Gasteiger partial charge in [0.25, 0.3) is 0 Å². The largest absolute Gasteiger partial charge is 0.390 e. The molecule has 0 amide bonds. The first-order valence-electron chi connectivity index (χ1n) is 8.27. The van der Waals surface area contributed by atoms with Gasteiger partial charge in [-0.25, -0.2) is 0 Å². The van der Waals surface area contributed by atoms with Crippen LogP contribution in [0.4, 0.5) is 11.4 Å². The molecule has 2 rings (SSSR count). The van der Waals surface area contributed by atoms with Crippen molar-refractivity contribution in [1.29, 1.82) is 0 Å². The minimum Gasteiger partial charge on any atom is -0.390 e. The lowest BCUT2D eigenvalue weighted by molar-refractivity contribution is 0.202. The van der Waals surface area contributed by atoms with Crippen LogP contribution in [0.5, 0.6) is 0 Å². The smallest absolute Gasteiger partial charge is 0.0805 e. The standard InChI is InChI=1S/C19H28N2OS/c1-15(2)21(13-19(22)14-23-3)18-11-9-17(10-12-18)20-16-7-5-4-6-8-16/h5,7-12,15,19-20,22H,4,6,13-14H2,1-3H3. The van der Waals surface area contributed by atoms with Crippen molar-refractivity contribution in [3.63, 3.8) is 0 Å². The third-order valence-corrected chi connectivity index (χ3v) is 4.59. The number of aliphatic hydroxyl groups excluding tert-OH is 1. The van der Waals surface area contributed by atoms with Crippen molar-refractivity contribution in [2.75, 3.05) is 28.8 Å². The van der Waals surface area contributed by atoms with Crippen molar-refractivity contribution in [2.24, 2.45) is 0 Å². The fraction of sp³-hybridized carbons (Fsp3) is 0.474. The van der Waals surface area contributed by atoms with E-state index in [0.29, 0.717) is 12.6 Å². The molecule has 0 fully saturated rings. The van der Waals surface area contributed by atoms with E-state index >= 15 is 0 Å². The molecule has 1 unspecified atom stereocenters. The summed E-state index contributed by atoms with van der Waals surface area (Å²) in [6.45, 7) is 4.99. The molecular formula is C19H28N2OS. The Bertz CT molecular complexity index is 537. The van der Waals surface area contributed by atoms with Gasteiger partial charge in [-0.15, -0.1) is 0 Å². The summed E-state index contributed by atoms with van der Waals surface area (Å²) in [6, 6.07) is 8.82. The number of nitrogens with one attached hydrogen (secondary N) is 1. The van der Waals surface area contributed by atoms with Gasteiger partial charge in [-0.1, -0.05) is 12.2 Å². The molecule has 4 heteroatoms. The lowest BCUT2D eigenvalue weighted by Gasteiger charge is -2.31. The van der Waals surface area contributed by atoms with E-state index < -0.39 is 0 Å². The topological polar surface area (TPSA) is 35.5 Å². The van der Waals surface area contributed by atoms with Crippen LogP contribution >= 0.6 is 11.8 Å². The second-order valence-corrected chi connectivity index (χ2v) is 7.08. The molecule has 0 aliphatic heterocycles. The maximum atomic E-state index is 10.1. The Kier molecular flexibility index (Phi) is 7.06. The first kappa shape index (κ1) is 18.0. The molecule has 1 aliphatic carbocycles. The summed E-state index contributed by atoms with van der Waals surface area (Å²) in [5.74, 6) is 0.767. The Hall–Kier alpha value is -1.39. The summed E-state index contributed by atoms with van der Waals surface area (Å²) in [7, 11) is 0. The van der Waals surface area contributed by atoms with Crippen molar-refractivity contribution >= 4 is 23.1 Å². The summed E-state index contributed by atoms with van der Waals surface area (Å²) in [6.07, 6.45) is 10.5. The number of allylic oxidation sites excluding steroid dienone is 3. The second-order valence-electron chi connectivity index (χ2n) is 6.17. The molecule has 3 nitrogen and oxygen atoms in total. The van der Waals surface area contributed by atoms with Crippen molar-refractivity contribution < 1.29 is 5.11 Å². The zero-order chi connectivity index (χ0) is 16.7. The highest BCUT2D eigenvalue weighted by molar-refractivity contribution is 7.98. The van der Waals surface area contributed by atoms with Gasteiger partial charge in [0.2, 0.25) is 0 Å². The van der Waals surface area contributed by atoms with Gasteiger partial charge >= 0.3 is 0 Å². The highest BCUT2D eigenvalue weighted by atomic mass is 32.2. The fourth-order valence-corrected chi connectivity index (χ4v) is 3.19. The number of thioether (sulfide) groups is 1. The summed E-state index contributed by atoms with van der Waals surface area (Å²) in [4.78, 5) is 2.25. The van der Waals surface area contributed by atoms with E-state index in [1.807, 2.05) is 6.26 Å². The first-order chi connectivity index (χ1) is 11.1. The molecule has 0 radical (unpaired) electrons. The van der Waals surface area contributed by atoms with Gasteiger partial charge in [0.15, 0.2) is 0 Å². The van der Waals surface area contributed by atoms with Crippen molar-refractivity contribution in [1.82, 2.24) is 0 Å². The number of nitrogens with zero attached hydrogens (tertiary/aromatic N) is 1. The van der Waals surface area contributed by atoms with E-state index in [1.54, 1.807) is 11.8 Å². The minimum absolute atomic E-state index is 0.303. The van der Waals surface area contributed by atoms with Crippen LogP contribution in [0.25, 0.3) is 0 Å². The van der Waals surface area contributed by atoms with Crippen molar-refractivity contribution in [2.45, 2.75) is 38.8 Å². The van der Waals surface area contributed by atoms with E-state index in [1.165, 1.54) is 5.70 Å². The molecule has 1 atom stereocenters. The van der Waals surface area contributed by atoms with Crippen LogP contribution in [0, 0.1) is 0 Å². The Balaban J connectivity index is 2.03. The predicted octanol–water partition coefficient (Wildman–Crippen LogP) is 4.27. The third kappa shape index (κ3) is 5.63. The molecule has 0 spiro atoms. The Morgan fingerprint density at radius 1 is 1.22 bits per heavy atom. The maximum absolute atomic E-state index is 10.1. The second kappa shape index (κ2) is 9.04.